The average molecular weight is 464 g/mol. The molecular weight excluding hydrogens is 454 g/mol. The molecule has 3 rings (SSSR count). The first-order chi connectivity index (χ1) is 11.8. The van der Waals surface area contributed by atoms with Crippen molar-refractivity contribution >= 4 is 71.4 Å². The average Bonchev–Trinajstić information content (AvgIpc) is 3.05. The highest BCUT2D eigenvalue weighted by Gasteiger charge is 2.23. The Hall–Kier alpha value is -1.77. The number of benzene rings is 1. The van der Waals surface area contributed by atoms with Crippen molar-refractivity contribution < 1.29 is 18.1 Å². The van der Waals surface area contributed by atoms with E-state index in [1.165, 1.54) is 5.38 Å². The second-order valence-electron chi connectivity index (χ2n) is 4.67. The Bertz CT molecular complexity index is 1030. The number of hydrogen-bond acceptors (Lipinski definition) is 9. The third kappa shape index (κ3) is 3.91. The fourth-order valence-corrected chi connectivity index (χ4v) is 4.55. The van der Waals surface area contributed by atoms with Crippen molar-refractivity contribution in [1.82, 2.24) is 8.75 Å². The molecule has 0 aliphatic rings. The minimum absolute atomic E-state index is 0.0632. The topological polar surface area (TPSA) is 153 Å². The van der Waals surface area contributed by atoms with Crippen molar-refractivity contribution in [3.63, 3.8) is 0 Å². The molecule has 0 spiro atoms. The van der Waals surface area contributed by atoms with Crippen LogP contribution in [0.25, 0.3) is 0 Å². The van der Waals surface area contributed by atoms with Crippen LogP contribution in [0.2, 0.25) is 0 Å². The Labute approximate surface area is 157 Å². The first-order valence-electron chi connectivity index (χ1n) is 6.47. The molecule has 132 valence electrons. The predicted molar refractivity (Wildman–Crippen MR) is 98.8 cm³/mol. The highest BCUT2D eigenvalue weighted by atomic mass is 79.9. The fraction of sp³-hybridized carbons (Fsp3) is 0. The number of nitrogens with one attached hydrogen (secondary N) is 2. The van der Waals surface area contributed by atoms with Gasteiger partial charge in [-0.05, 0) is 28.1 Å². The lowest BCUT2D eigenvalue weighted by Gasteiger charge is -2.06. The van der Waals surface area contributed by atoms with Crippen LogP contribution >= 0.6 is 38.4 Å². The lowest BCUT2D eigenvalue weighted by molar-refractivity contribution is 0.466. The molecule has 2 aromatic heterocycles. The van der Waals surface area contributed by atoms with Gasteiger partial charge in [-0.3, -0.25) is 0 Å². The van der Waals surface area contributed by atoms with Crippen LogP contribution in [0.15, 0.2) is 38.3 Å². The number of thiophene rings is 1. The summed E-state index contributed by atoms with van der Waals surface area (Å²) in [5, 5.41) is 22.1. The summed E-state index contributed by atoms with van der Waals surface area (Å²) in [4.78, 5) is 0. The van der Waals surface area contributed by atoms with Gasteiger partial charge in [0.15, 0.2) is 21.1 Å². The number of rotatable bonds is 5. The van der Waals surface area contributed by atoms with Gasteiger partial charge >= 0.3 is 0 Å². The van der Waals surface area contributed by atoms with Crippen LogP contribution in [-0.2, 0) is 10.0 Å². The Balaban J connectivity index is 1.92. The van der Waals surface area contributed by atoms with Gasteiger partial charge in [-0.1, -0.05) is 12.1 Å². The van der Waals surface area contributed by atoms with E-state index in [0.717, 1.165) is 15.8 Å². The van der Waals surface area contributed by atoms with Gasteiger partial charge in [-0.2, -0.15) is 0 Å². The van der Waals surface area contributed by atoms with E-state index in [-0.39, 0.29) is 21.5 Å². The van der Waals surface area contributed by atoms with Gasteiger partial charge in [0.05, 0.1) is 11.4 Å². The molecule has 0 amide bonds. The first kappa shape index (κ1) is 18.0. The number of hydrogen-bond donors (Lipinski definition) is 4. The largest absolute Gasteiger partial charge is 0.546 e. The van der Waals surface area contributed by atoms with E-state index in [4.69, 9.17) is 5.14 Å². The molecule has 3 aromatic rings. The minimum atomic E-state index is -4.05. The van der Waals surface area contributed by atoms with E-state index in [2.05, 4.69) is 35.3 Å². The highest BCUT2D eigenvalue weighted by molar-refractivity contribution is 9.10. The van der Waals surface area contributed by atoms with E-state index in [1.54, 1.807) is 12.1 Å². The number of anilines is 4. The first-order valence-corrected chi connectivity index (χ1v) is 10.8. The zero-order chi connectivity index (χ0) is 18.2. The molecule has 0 aliphatic carbocycles. The number of nitrogens with two attached hydrogens (primary N) is 1. The van der Waals surface area contributed by atoms with Gasteiger partial charge in [0.1, 0.15) is 0 Å². The molecule has 9 nitrogen and oxygen atoms in total. The maximum absolute atomic E-state index is 11.6. The smallest absolute Gasteiger partial charge is 0.251 e. The van der Waals surface area contributed by atoms with Gasteiger partial charge in [-0.15, -0.1) is 11.3 Å². The van der Waals surface area contributed by atoms with E-state index in [1.807, 2.05) is 12.1 Å². The zero-order valence-electron chi connectivity index (χ0n) is 12.1. The van der Waals surface area contributed by atoms with Crippen molar-refractivity contribution in [3.8, 4) is 5.75 Å². The van der Waals surface area contributed by atoms with E-state index >= 15 is 0 Å². The van der Waals surface area contributed by atoms with Gasteiger partial charge < -0.3 is 20.3 Å². The molecule has 1 atom stereocenters. The summed E-state index contributed by atoms with van der Waals surface area (Å²) < 4.78 is 42.4. The summed E-state index contributed by atoms with van der Waals surface area (Å²) in [6.07, 6.45) is 0. The quantitative estimate of drug-likeness (QED) is 0.421. The molecule has 0 aliphatic heterocycles. The molecule has 1 aromatic carbocycles. The minimum Gasteiger partial charge on any atom is -0.546 e. The van der Waals surface area contributed by atoms with Gasteiger partial charge in [0.25, 0.3) is 10.0 Å². The Kier molecular flexibility index (Phi) is 4.95. The number of nitrogens with zero attached hydrogens (tertiary/aromatic N) is 2. The molecule has 13 heteroatoms. The zero-order valence-corrected chi connectivity index (χ0v) is 16.2. The Morgan fingerprint density at radius 1 is 1.20 bits per heavy atom. The van der Waals surface area contributed by atoms with Gasteiger partial charge in [0.2, 0.25) is 11.6 Å². The van der Waals surface area contributed by atoms with Crippen molar-refractivity contribution in [2.24, 2.45) is 5.14 Å². The summed E-state index contributed by atoms with van der Waals surface area (Å²) in [5.41, 5.74) is 0.725. The molecule has 25 heavy (non-hydrogen) atoms. The molecule has 2 heterocycles. The van der Waals surface area contributed by atoms with Crippen LogP contribution in [-0.4, -0.2) is 26.8 Å². The molecule has 0 bridgehead atoms. The van der Waals surface area contributed by atoms with Crippen LogP contribution in [0.4, 0.5) is 23.0 Å². The fourth-order valence-electron chi connectivity index (χ4n) is 1.87. The summed E-state index contributed by atoms with van der Waals surface area (Å²) >= 11 is 2.28. The van der Waals surface area contributed by atoms with Crippen molar-refractivity contribution in [2.45, 2.75) is 4.21 Å². The van der Waals surface area contributed by atoms with Gasteiger partial charge in [-0.25, -0.2) is 13.6 Å². The number of para-hydroxylation sites is 1. The standard InChI is InChI=1S/C12H10BrN5O4S3/c13-6-3-1-2-4-7(6)15-10-11(18-24(20)17-10)16-8-5-23-12(9(8)19)25(14,21)22/h1-5,19H,(H,15,17)(H,16,18)(H2,14,21,22). The number of sulfonamides is 1. The summed E-state index contributed by atoms with van der Waals surface area (Å²) in [6.45, 7) is 0. The molecule has 0 saturated heterocycles. The van der Waals surface area contributed by atoms with Crippen molar-refractivity contribution in [1.29, 1.82) is 0 Å². The normalized spacial score (nSPS) is 12.2. The van der Waals surface area contributed by atoms with E-state index in [0.29, 0.717) is 5.69 Å². The van der Waals surface area contributed by atoms with Crippen LogP contribution < -0.4 is 15.8 Å². The third-order valence-corrected chi connectivity index (χ3v) is 6.76. The lowest BCUT2D eigenvalue weighted by atomic mass is 10.3. The molecule has 0 fully saturated rings. The molecular formula is C12H10BrN5O4S3. The summed E-state index contributed by atoms with van der Waals surface area (Å²) in [5.74, 6) is -0.274. The Morgan fingerprint density at radius 2 is 1.80 bits per heavy atom. The van der Waals surface area contributed by atoms with E-state index < -0.39 is 26.9 Å². The van der Waals surface area contributed by atoms with Crippen molar-refractivity contribution in [2.75, 3.05) is 10.6 Å². The molecule has 1 unspecified atom stereocenters. The maximum Gasteiger partial charge on any atom is 0.251 e. The van der Waals surface area contributed by atoms with Crippen LogP contribution in [0.3, 0.4) is 0 Å². The Morgan fingerprint density at radius 3 is 2.36 bits per heavy atom. The van der Waals surface area contributed by atoms with Gasteiger partial charge in [0, 0.05) is 18.6 Å². The maximum atomic E-state index is 11.6. The third-order valence-electron chi connectivity index (χ3n) is 2.93. The summed E-state index contributed by atoms with van der Waals surface area (Å²) in [6, 6.07) is 7.21. The summed E-state index contributed by atoms with van der Waals surface area (Å²) in [7, 11) is -4.05. The SMILES string of the molecule is NS(=O)(=O)c1scc(Nc2n[s+]([O-])nc2Nc2ccccc2Br)c1O. The highest BCUT2D eigenvalue weighted by Crippen LogP contribution is 2.40. The second kappa shape index (κ2) is 6.86. The number of aromatic hydroxyl groups is 1. The number of halogens is 1. The number of primary sulfonamides is 1. The molecule has 0 saturated carbocycles. The molecule has 5 N–H and O–H groups in total. The van der Waals surface area contributed by atoms with Crippen molar-refractivity contribution in [3.05, 3.63) is 34.1 Å². The number of aromatic nitrogens is 2. The molecule has 0 radical (unpaired) electrons. The lowest BCUT2D eigenvalue weighted by Crippen LogP contribution is -2.10. The van der Waals surface area contributed by atoms with Crippen LogP contribution in [0.1, 0.15) is 0 Å². The van der Waals surface area contributed by atoms with E-state index in [9.17, 15) is 18.1 Å². The predicted octanol–water partition coefficient (Wildman–Crippen LogP) is 2.87. The monoisotopic (exact) mass is 463 g/mol. The second-order valence-corrected chi connectivity index (χ2v) is 8.99. The van der Waals surface area contributed by atoms with Crippen LogP contribution in [0, 0.1) is 0 Å². The van der Waals surface area contributed by atoms with Crippen LogP contribution in [0.5, 0.6) is 5.75 Å².